The normalized spacial score (nSPS) is 32.2. The van der Waals surface area contributed by atoms with Crippen molar-refractivity contribution in [1.29, 1.82) is 0 Å². The standard InChI is InChI=1S/C40H54N2O10/c1-22(2)15-26-17-34(45)51-36-35(52-39(47)40(36,7)21-44)25(6)10-11-27-12-13-30(41-27)37-42-31(33(50-37)20-49-38(26)46)18-28-29(24(5)9-8-14-43)19-48-32(28)16-23(3)4/h10,12-13,17-18,22-23,31-33,35-36,41,43-44H,8-9,11,14-16,19-21H2,1-7H3/b25-10+,26-17+,28-18-,29-24+/t31-,32?,33-,35-,36-,40+/m0/s1. The fraction of sp³-hybridized carbons (Fsp3) is 0.600. The summed E-state index contributed by atoms with van der Waals surface area (Å²) in [6.45, 7) is 13.3. The van der Waals surface area contributed by atoms with E-state index in [0.717, 1.165) is 41.3 Å². The maximum Gasteiger partial charge on any atom is 0.334 e. The maximum absolute atomic E-state index is 13.7. The zero-order valence-electron chi connectivity index (χ0n) is 31.4. The summed E-state index contributed by atoms with van der Waals surface area (Å²) in [5, 5.41) is 19.7. The lowest BCUT2D eigenvalue weighted by Gasteiger charge is -2.27. The van der Waals surface area contributed by atoms with Crippen molar-refractivity contribution in [2.45, 2.75) is 111 Å². The molecule has 5 heterocycles. The van der Waals surface area contributed by atoms with E-state index in [1.165, 1.54) is 6.92 Å². The molecule has 12 heteroatoms. The van der Waals surface area contributed by atoms with Crippen LogP contribution in [0.2, 0.25) is 0 Å². The predicted octanol–water partition coefficient (Wildman–Crippen LogP) is 4.84. The average Bonchev–Trinajstić information content (AvgIpc) is 3.87. The number of hydrogen-bond donors (Lipinski definition) is 3. The lowest BCUT2D eigenvalue weighted by Crippen LogP contribution is -2.43. The van der Waals surface area contributed by atoms with E-state index >= 15 is 0 Å². The number of fused-ring (bicyclic) bond motifs is 6. The molecule has 4 aliphatic rings. The minimum absolute atomic E-state index is 0.00163. The lowest BCUT2D eigenvalue weighted by atomic mass is 9.83. The Balaban J connectivity index is 1.55. The lowest BCUT2D eigenvalue weighted by molar-refractivity contribution is -0.153. The third kappa shape index (κ3) is 8.78. The number of aliphatic imine (C=N–C) groups is 1. The summed E-state index contributed by atoms with van der Waals surface area (Å²) in [4.78, 5) is 48.4. The van der Waals surface area contributed by atoms with Gasteiger partial charge in [-0.15, -0.1) is 0 Å². The minimum Gasteiger partial charge on any atom is -0.467 e. The SMILES string of the molecule is C/C(CCCO)=C1/COC(CC(C)C)/C1=C\[C@@H]1N=C2O[C@H]1COC(=O)/C(CC(C)C)=C/C(=O)O[C@H]1[C@@H](OC(=O)[C@]1(C)CO)/C(C)=C/Cc1ccc2[nH]1. The Kier molecular flexibility index (Phi) is 12.6. The third-order valence-corrected chi connectivity index (χ3v) is 10.1. The Bertz CT molecular complexity index is 1660. The molecule has 3 N–H and O–H groups in total. The molecular weight excluding hydrogens is 668 g/mol. The molecule has 1 aromatic rings. The Hall–Kier alpha value is -4.00. The fourth-order valence-corrected chi connectivity index (χ4v) is 7.01. The summed E-state index contributed by atoms with van der Waals surface area (Å²) in [7, 11) is 0. The van der Waals surface area contributed by atoms with Crippen LogP contribution in [0.3, 0.4) is 0 Å². The van der Waals surface area contributed by atoms with Gasteiger partial charge in [0.1, 0.15) is 23.8 Å². The summed E-state index contributed by atoms with van der Waals surface area (Å²) < 4.78 is 30.1. The van der Waals surface area contributed by atoms with Gasteiger partial charge in [-0.1, -0.05) is 39.3 Å². The number of rotatable bonds is 9. The highest BCUT2D eigenvalue weighted by molar-refractivity contribution is 5.97. The second-order valence-corrected chi connectivity index (χ2v) is 15.4. The number of aromatic amines is 1. The Morgan fingerprint density at radius 2 is 1.87 bits per heavy atom. The number of ether oxygens (including phenoxy) is 5. The zero-order valence-corrected chi connectivity index (χ0v) is 31.4. The summed E-state index contributed by atoms with van der Waals surface area (Å²) in [6.07, 6.45) is 5.08. The van der Waals surface area contributed by atoms with Gasteiger partial charge in [0, 0.05) is 30.4 Å². The van der Waals surface area contributed by atoms with E-state index in [-0.39, 0.29) is 37.2 Å². The van der Waals surface area contributed by atoms with Crippen molar-refractivity contribution in [2.24, 2.45) is 22.2 Å². The van der Waals surface area contributed by atoms with Crippen LogP contribution in [0.4, 0.5) is 0 Å². The molecule has 0 saturated carbocycles. The van der Waals surface area contributed by atoms with E-state index in [1.807, 2.05) is 32.1 Å². The van der Waals surface area contributed by atoms with E-state index in [0.29, 0.717) is 42.5 Å². The Morgan fingerprint density at radius 1 is 1.10 bits per heavy atom. The van der Waals surface area contributed by atoms with E-state index < -0.39 is 54.3 Å². The minimum atomic E-state index is -1.49. The van der Waals surface area contributed by atoms with E-state index in [9.17, 15) is 24.6 Å². The maximum atomic E-state index is 13.7. The van der Waals surface area contributed by atoms with Crippen molar-refractivity contribution >= 4 is 23.8 Å². The van der Waals surface area contributed by atoms with Gasteiger partial charge in [-0.3, -0.25) is 4.79 Å². The van der Waals surface area contributed by atoms with Crippen molar-refractivity contribution in [2.75, 3.05) is 26.4 Å². The number of aromatic nitrogens is 1. The number of esters is 3. The van der Waals surface area contributed by atoms with Crippen LogP contribution in [-0.4, -0.2) is 95.9 Å². The molecule has 2 saturated heterocycles. The smallest absolute Gasteiger partial charge is 0.334 e. The van der Waals surface area contributed by atoms with Crippen LogP contribution in [0.1, 0.15) is 85.5 Å². The highest BCUT2D eigenvalue weighted by Gasteiger charge is 2.57. The molecule has 0 aromatic carbocycles. The van der Waals surface area contributed by atoms with Gasteiger partial charge < -0.3 is 38.9 Å². The first kappa shape index (κ1) is 39.2. The molecule has 6 atom stereocenters. The van der Waals surface area contributed by atoms with Crippen LogP contribution in [0.5, 0.6) is 0 Å². The Morgan fingerprint density at radius 3 is 2.56 bits per heavy atom. The molecule has 52 heavy (non-hydrogen) atoms. The quantitative estimate of drug-likeness (QED) is 0.182. The van der Waals surface area contributed by atoms with Crippen LogP contribution < -0.4 is 0 Å². The summed E-state index contributed by atoms with van der Waals surface area (Å²) in [5.41, 5.74) is 4.03. The molecule has 284 valence electrons. The van der Waals surface area contributed by atoms with Gasteiger partial charge in [-0.05, 0) is 93.2 Å². The third-order valence-electron chi connectivity index (χ3n) is 10.1. The molecule has 2 fully saturated rings. The van der Waals surface area contributed by atoms with Gasteiger partial charge in [-0.2, -0.15) is 0 Å². The second-order valence-electron chi connectivity index (χ2n) is 15.4. The summed E-state index contributed by atoms with van der Waals surface area (Å²) in [5.74, 6) is -1.46. The van der Waals surface area contributed by atoms with Gasteiger partial charge in [0.2, 0.25) is 5.90 Å². The summed E-state index contributed by atoms with van der Waals surface area (Å²) >= 11 is 0. The number of aliphatic hydroxyl groups is 2. The monoisotopic (exact) mass is 722 g/mol. The predicted molar refractivity (Wildman–Crippen MR) is 193 cm³/mol. The number of aliphatic hydroxyl groups excluding tert-OH is 2. The van der Waals surface area contributed by atoms with Crippen molar-refractivity contribution in [3.8, 4) is 0 Å². The first-order valence-electron chi connectivity index (χ1n) is 18.4. The molecule has 4 aliphatic heterocycles. The first-order valence-corrected chi connectivity index (χ1v) is 18.4. The number of carbonyl (C=O) groups is 3. The highest BCUT2D eigenvalue weighted by atomic mass is 16.6. The Labute approximate surface area is 306 Å². The van der Waals surface area contributed by atoms with E-state index in [2.05, 4.69) is 31.8 Å². The zero-order chi connectivity index (χ0) is 37.7. The average molecular weight is 723 g/mol. The van der Waals surface area contributed by atoms with Gasteiger partial charge in [-0.25, -0.2) is 14.6 Å². The van der Waals surface area contributed by atoms with Crippen molar-refractivity contribution in [3.63, 3.8) is 0 Å². The second kappa shape index (κ2) is 16.8. The molecule has 0 aliphatic carbocycles. The number of cyclic esters (lactones) is 1. The molecule has 0 radical (unpaired) electrons. The molecule has 1 unspecified atom stereocenters. The molecule has 4 bridgehead atoms. The number of nitrogens with one attached hydrogen (secondary N) is 1. The van der Waals surface area contributed by atoms with Gasteiger partial charge >= 0.3 is 17.9 Å². The van der Waals surface area contributed by atoms with Gasteiger partial charge in [0.25, 0.3) is 0 Å². The molecule has 5 rings (SSSR count). The largest absolute Gasteiger partial charge is 0.467 e. The van der Waals surface area contributed by atoms with Crippen LogP contribution in [0.25, 0.3) is 0 Å². The van der Waals surface area contributed by atoms with Gasteiger partial charge in [0.05, 0.1) is 19.3 Å². The highest BCUT2D eigenvalue weighted by Crippen LogP contribution is 2.40. The van der Waals surface area contributed by atoms with E-state index in [1.54, 1.807) is 6.92 Å². The van der Waals surface area contributed by atoms with Crippen molar-refractivity contribution in [1.82, 2.24) is 4.98 Å². The van der Waals surface area contributed by atoms with Crippen molar-refractivity contribution in [3.05, 3.63) is 69.6 Å². The molecule has 12 nitrogen and oxygen atoms in total. The molecule has 0 spiro atoms. The first-order chi connectivity index (χ1) is 24.7. The van der Waals surface area contributed by atoms with Crippen LogP contribution in [-0.2, 0) is 44.5 Å². The number of H-pyrrole nitrogens is 1. The molecular formula is C40H54N2O10. The fourth-order valence-electron chi connectivity index (χ4n) is 7.01. The number of carbonyl (C=O) groups excluding carboxylic acids is 3. The van der Waals surface area contributed by atoms with E-state index in [4.69, 9.17) is 28.7 Å². The van der Waals surface area contributed by atoms with Crippen LogP contribution >= 0.6 is 0 Å². The van der Waals surface area contributed by atoms with Crippen molar-refractivity contribution < 1.29 is 48.3 Å². The van der Waals surface area contributed by atoms with Crippen LogP contribution in [0, 0.1) is 17.3 Å². The molecule has 1 aromatic heterocycles. The van der Waals surface area contributed by atoms with Gasteiger partial charge in [0.15, 0.2) is 18.3 Å². The summed E-state index contributed by atoms with van der Waals surface area (Å²) in [6, 6.07) is 3.27. The number of nitrogens with zero attached hydrogens (tertiary/aromatic N) is 1. The topological polar surface area (TPSA) is 166 Å². The van der Waals surface area contributed by atoms with Crippen LogP contribution in [0.15, 0.2) is 63.2 Å². The number of hydrogen-bond acceptors (Lipinski definition) is 11. The molecule has 0 amide bonds. The number of allylic oxidation sites excluding steroid dienone is 2.